The van der Waals surface area contributed by atoms with Crippen molar-refractivity contribution >= 4 is 42.6 Å². The monoisotopic (exact) mass is 275 g/mol. The van der Waals surface area contributed by atoms with Gasteiger partial charge in [-0.1, -0.05) is 0 Å². The van der Waals surface area contributed by atoms with Crippen LogP contribution in [-0.2, 0) is 0 Å². The third-order valence-corrected chi connectivity index (χ3v) is 2.15. The number of hydrogen-bond donors (Lipinski definition) is 3. The molecule has 0 spiro atoms. The molecule has 2 N–H and O–H groups in total. The molecule has 0 aliphatic rings. The average Bonchev–Trinajstić information content (AvgIpc) is 1.95. The van der Waals surface area contributed by atoms with Crippen molar-refractivity contribution in [3.8, 4) is 0 Å². The van der Waals surface area contributed by atoms with Crippen molar-refractivity contribution in [2.75, 3.05) is 13.1 Å². The molecule has 0 saturated carbocycles. The van der Waals surface area contributed by atoms with Crippen molar-refractivity contribution in [1.29, 1.82) is 5.41 Å². The second-order valence-electron chi connectivity index (χ2n) is 3.70. The number of rotatable bonds is 5. The Hall–Kier alpha value is 0.360. The molecule has 0 saturated heterocycles. The molecule has 0 aliphatic heterocycles. The molecular weight excluding hydrogens is 253 g/mol. The lowest BCUT2D eigenvalue weighted by molar-refractivity contribution is 0.178. The molecule has 0 fully saturated rings. The predicted octanol–water partition coefficient (Wildman–Crippen LogP) is 2.40. The van der Waals surface area contributed by atoms with E-state index in [0.717, 1.165) is 13.1 Å². The lowest BCUT2D eigenvalue weighted by Gasteiger charge is -2.30. The molecule has 0 unspecified atom stereocenters. The molecule has 0 aromatic rings. The van der Waals surface area contributed by atoms with Gasteiger partial charge in [0.2, 0.25) is 0 Å². The Morgan fingerprint density at radius 1 is 1.20 bits per heavy atom. The maximum atomic E-state index is 7.09. The van der Waals surface area contributed by atoms with Gasteiger partial charge in [-0.05, 0) is 27.7 Å². The number of halogens is 2. The van der Waals surface area contributed by atoms with Crippen LogP contribution in [0.1, 0.15) is 27.7 Å². The number of nitrogens with one attached hydrogen (secondary N) is 2. The van der Waals surface area contributed by atoms with Crippen molar-refractivity contribution in [1.82, 2.24) is 10.2 Å². The first-order chi connectivity index (χ1) is 5.95. The molecule has 0 aromatic carbocycles. The summed E-state index contributed by atoms with van der Waals surface area (Å²) in [5, 5.41) is 10.2. The molecule has 3 nitrogen and oxygen atoms in total. The second-order valence-corrected chi connectivity index (χ2v) is 4.15. The summed E-state index contributed by atoms with van der Waals surface area (Å²) < 4.78 is 0. The fourth-order valence-electron chi connectivity index (χ4n) is 1.42. The van der Waals surface area contributed by atoms with Crippen LogP contribution in [0.3, 0.4) is 0 Å². The standard InChI is InChI=1S/C9H21N3S.2ClH/c1-7(2)12(8(3)4)6-5-11-9(10)13;;/h7-8H,5-6H2,1-4H3,(H3,10,11,13);2*1H. The third kappa shape index (κ3) is 10.6. The molecule has 0 aliphatic carbocycles. The summed E-state index contributed by atoms with van der Waals surface area (Å²) in [5.41, 5.74) is 0. The van der Waals surface area contributed by atoms with Crippen LogP contribution in [0.5, 0.6) is 0 Å². The number of nitrogens with zero attached hydrogens (tertiary/aromatic N) is 1. The summed E-state index contributed by atoms with van der Waals surface area (Å²) >= 11 is 3.86. The summed E-state index contributed by atoms with van der Waals surface area (Å²) in [6.07, 6.45) is 0. The van der Waals surface area contributed by atoms with Gasteiger partial charge in [0.1, 0.15) is 0 Å². The number of hydrogen-bond acceptors (Lipinski definition) is 2. The van der Waals surface area contributed by atoms with E-state index in [1.807, 2.05) is 0 Å². The maximum Gasteiger partial charge on any atom is 0.150 e. The van der Waals surface area contributed by atoms with E-state index in [1.54, 1.807) is 0 Å². The van der Waals surface area contributed by atoms with E-state index in [4.69, 9.17) is 5.41 Å². The molecule has 0 atom stereocenters. The Morgan fingerprint density at radius 3 is 1.87 bits per heavy atom. The molecule has 6 heteroatoms. The fourth-order valence-corrected chi connectivity index (χ4v) is 1.53. The predicted molar refractivity (Wildman–Crippen MR) is 76.2 cm³/mol. The lowest BCUT2D eigenvalue weighted by atomic mass is 10.2. The normalized spacial score (nSPS) is 9.87. The summed E-state index contributed by atoms with van der Waals surface area (Å²) in [7, 11) is 0. The van der Waals surface area contributed by atoms with Crippen LogP contribution in [0.15, 0.2) is 0 Å². The molecule has 0 heterocycles. The molecule has 0 bridgehead atoms. The van der Waals surface area contributed by atoms with E-state index < -0.39 is 0 Å². The zero-order chi connectivity index (χ0) is 10.4. The van der Waals surface area contributed by atoms with Gasteiger partial charge in [0.05, 0.1) is 0 Å². The van der Waals surface area contributed by atoms with Crippen LogP contribution < -0.4 is 5.32 Å². The molecule has 0 amide bonds. The zero-order valence-corrected chi connectivity index (χ0v) is 12.3. The quantitative estimate of drug-likeness (QED) is 0.410. The highest BCUT2D eigenvalue weighted by atomic mass is 35.5. The van der Waals surface area contributed by atoms with E-state index in [-0.39, 0.29) is 30.0 Å². The zero-order valence-electron chi connectivity index (χ0n) is 9.78. The Morgan fingerprint density at radius 2 is 1.60 bits per heavy atom. The largest absolute Gasteiger partial charge is 0.364 e. The van der Waals surface area contributed by atoms with Crippen LogP contribution >= 0.6 is 37.4 Å². The van der Waals surface area contributed by atoms with Gasteiger partial charge in [0.15, 0.2) is 5.17 Å². The first-order valence-corrected chi connectivity index (χ1v) is 5.17. The minimum absolute atomic E-state index is 0. The molecule has 0 rings (SSSR count). The molecular formula is C9H23Cl2N3S. The topological polar surface area (TPSA) is 39.1 Å². The van der Waals surface area contributed by atoms with Crippen molar-refractivity contribution in [3.63, 3.8) is 0 Å². The second kappa shape index (κ2) is 10.9. The van der Waals surface area contributed by atoms with Crippen molar-refractivity contribution in [3.05, 3.63) is 0 Å². The highest BCUT2D eigenvalue weighted by Gasteiger charge is 2.11. The van der Waals surface area contributed by atoms with Gasteiger partial charge in [-0.2, -0.15) is 0 Å². The average molecular weight is 276 g/mol. The molecule has 0 radical (unpaired) electrons. The van der Waals surface area contributed by atoms with Crippen LogP contribution in [-0.4, -0.2) is 35.2 Å². The minimum atomic E-state index is 0. The van der Waals surface area contributed by atoms with Crippen LogP contribution in [0.25, 0.3) is 0 Å². The van der Waals surface area contributed by atoms with Crippen molar-refractivity contribution in [2.24, 2.45) is 0 Å². The minimum Gasteiger partial charge on any atom is -0.364 e. The first-order valence-electron chi connectivity index (χ1n) is 4.72. The fraction of sp³-hybridized carbons (Fsp3) is 0.889. The summed E-state index contributed by atoms with van der Waals surface area (Å²) in [6, 6.07) is 1.10. The number of thiol groups is 1. The first kappa shape index (κ1) is 20.7. The van der Waals surface area contributed by atoms with Gasteiger partial charge in [0, 0.05) is 25.2 Å². The van der Waals surface area contributed by atoms with Crippen LogP contribution in [0.2, 0.25) is 0 Å². The Balaban J connectivity index is -0.000000720. The van der Waals surface area contributed by atoms with E-state index in [0.29, 0.717) is 12.1 Å². The highest BCUT2D eigenvalue weighted by molar-refractivity contribution is 7.96. The summed E-state index contributed by atoms with van der Waals surface area (Å²) in [4.78, 5) is 2.38. The Bertz CT molecular complexity index is 157. The molecule has 94 valence electrons. The van der Waals surface area contributed by atoms with E-state index in [1.165, 1.54) is 0 Å². The lowest BCUT2D eigenvalue weighted by Crippen LogP contribution is -2.41. The third-order valence-electron chi connectivity index (χ3n) is 1.99. The van der Waals surface area contributed by atoms with Crippen LogP contribution in [0, 0.1) is 5.41 Å². The highest BCUT2D eigenvalue weighted by Crippen LogP contribution is 2.03. The van der Waals surface area contributed by atoms with Crippen molar-refractivity contribution < 1.29 is 0 Å². The van der Waals surface area contributed by atoms with Gasteiger partial charge in [-0.3, -0.25) is 10.3 Å². The van der Waals surface area contributed by atoms with Gasteiger partial charge in [-0.15, -0.1) is 37.4 Å². The van der Waals surface area contributed by atoms with E-state index >= 15 is 0 Å². The van der Waals surface area contributed by atoms with E-state index in [2.05, 4.69) is 50.5 Å². The molecule has 15 heavy (non-hydrogen) atoms. The summed E-state index contributed by atoms with van der Waals surface area (Å²) in [6.45, 7) is 10.5. The summed E-state index contributed by atoms with van der Waals surface area (Å²) in [5.74, 6) is 0. The van der Waals surface area contributed by atoms with Gasteiger partial charge < -0.3 is 5.32 Å². The van der Waals surface area contributed by atoms with E-state index in [9.17, 15) is 0 Å². The van der Waals surface area contributed by atoms with Gasteiger partial charge in [-0.25, -0.2) is 0 Å². The van der Waals surface area contributed by atoms with Gasteiger partial charge in [0.25, 0.3) is 0 Å². The number of amidine groups is 1. The maximum absolute atomic E-state index is 7.09. The van der Waals surface area contributed by atoms with Gasteiger partial charge >= 0.3 is 0 Å². The Kier molecular flexibility index (Phi) is 15.0. The van der Waals surface area contributed by atoms with Crippen molar-refractivity contribution in [2.45, 2.75) is 39.8 Å². The molecule has 0 aromatic heterocycles. The smallest absolute Gasteiger partial charge is 0.150 e. The SMILES string of the molecule is CC(C)N(CCNC(=N)S)C(C)C.Cl.Cl. The van der Waals surface area contributed by atoms with Crippen LogP contribution in [0.4, 0.5) is 0 Å². The Labute approximate surface area is 111 Å².